The van der Waals surface area contributed by atoms with E-state index in [0.717, 1.165) is 102 Å². The van der Waals surface area contributed by atoms with Gasteiger partial charge in [-0.3, -0.25) is 37.3 Å². The van der Waals surface area contributed by atoms with Crippen molar-refractivity contribution in [3.8, 4) is 0 Å². The first-order valence-corrected chi connectivity index (χ1v) is 43.6. The Labute approximate surface area is 594 Å². The van der Waals surface area contributed by atoms with Crippen molar-refractivity contribution in [2.75, 3.05) is 39.6 Å². The van der Waals surface area contributed by atoms with Crippen LogP contribution in [-0.4, -0.2) is 96.7 Å². The van der Waals surface area contributed by atoms with Crippen LogP contribution in [0.25, 0.3) is 0 Å². The van der Waals surface area contributed by atoms with Gasteiger partial charge in [0.2, 0.25) is 0 Å². The van der Waals surface area contributed by atoms with Crippen LogP contribution in [0.5, 0.6) is 0 Å². The monoisotopic (exact) mass is 1420 g/mol. The number of hydrogen-bond acceptors (Lipinski definition) is 15. The van der Waals surface area contributed by atoms with E-state index >= 15 is 0 Å². The molecule has 0 aliphatic rings. The summed E-state index contributed by atoms with van der Waals surface area (Å²) in [5.41, 5.74) is 0. The van der Waals surface area contributed by atoms with Crippen LogP contribution in [0.1, 0.15) is 408 Å². The van der Waals surface area contributed by atoms with Crippen molar-refractivity contribution in [3.05, 3.63) is 0 Å². The third-order valence-electron chi connectivity index (χ3n) is 18.9. The van der Waals surface area contributed by atoms with Gasteiger partial charge in [0.25, 0.3) is 0 Å². The van der Waals surface area contributed by atoms with E-state index in [1.807, 2.05) is 0 Å². The van der Waals surface area contributed by atoms with Crippen LogP contribution in [-0.2, 0) is 65.4 Å². The summed E-state index contributed by atoms with van der Waals surface area (Å²) in [5, 5.41) is 10.6. The zero-order valence-corrected chi connectivity index (χ0v) is 65.2. The summed E-state index contributed by atoms with van der Waals surface area (Å²) in [6.07, 6.45) is 58.0. The van der Waals surface area contributed by atoms with E-state index in [4.69, 9.17) is 37.0 Å². The van der Waals surface area contributed by atoms with Gasteiger partial charge < -0.3 is 33.8 Å². The van der Waals surface area contributed by atoms with Crippen LogP contribution < -0.4 is 0 Å². The molecular formula is C78H152O17P2. The van der Waals surface area contributed by atoms with Gasteiger partial charge in [0.05, 0.1) is 26.4 Å². The van der Waals surface area contributed by atoms with Crippen LogP contribution >= 0.6 is 15.6 Å². The van der Waals surface area contributed by atoms with Crippen molar-refractivity contribution in [1.29, 1.82) is 0 Å². The summed E-state index contributed by atoms with van der Waals surface area (Å²) in [6, 6.07) is 0. The number of rotatable bonds is 77. The van der Waals surface area contributed by atoms with Crippen molar-refractivity contribution >= 4 is 39.5 Å². The first-order chi connectivity index (χ1) is 46.9. The molecule has 7 atom stereocenters. The largest absolute Gasteiger partial charge is 0.472 e. The molecule has 0 rings (SSSR count). The topological polar surface area (TPSA) is 237 Å². The molecule has 0 radical (unpaired) electrons. The van der Waals surface area contributed by atoms with Crippen molar-refractivity contribution in [2.45, 2.75) is 426 Å². The molecular weight excluding hydrogens is 1270 g/mol. The van der Waals surface area contributed by atoms with Gasteiger partial charge in [-0.15, -0.1) is 0 Å². The molecule has 0 amide bonds. The highest BCUT2D eigenvalue weighted by molar-refractivity contribution is 7.47. The van der Waals surface area contributed by atoms with E-state index in [9.17, 15) is 43.2 Å². The van der Waals surface area contributed by atoms with E-state index in [2.05, 4.69) is 41.5 Å². The molecule has 0 saturated carbocycles. The summed E-state index contributed by atoms with van der Waals surface area (Å²) in [7, 11) is -9.92. The van der Waals surface area contributed by atoms with Crippen LogP contribution in [0.15, 0.2) is 0 Å². The molecule has 0 bridgehead atoms. The highest BCUT2D eigenvalue weighted by Crippen LogP contribution is 2.45. The number of aliphatic hydroxyl groups excluding tert-OH is 1. The van der Waals surface area contributed by atoms with Gasteiger partial charge in [-0.2, -0.15) is 0 Å². The van der Waals surface area contributed by atoms with E-state index < -0.39 is 97.5 Å². The number of carbonyl (C=O) groups is 4. The Bertz CT molecular complexity index is 1880. The number of aliphatic hydroxyl groups is 1. The van der Waals surface area contributed by atoms with Crippen molar-refractivity contribution in [3.63, 3.8) is 0 Å². The predicted octanol–water partition coefficient (Wildman–Crippen LogP) is 23.1. The van der Waals surface area contributed by atoms with Gasteiger partial charge >= 0.3 is 39.5 Å². The maximum Gasteiger partial charge on any atom is 0.472 e. The van der Waals surface area contributed by atoms with Gasteiger partial charge in [-0.1, -0.05) is 356 Å². The van der Waals surface area contributed by atoms with Gasteiger partial charge in [-0.25, -0.2) is 9.13 Å². The van der Waals surface area contributed by atoms with E-state index in [-0.39, 0.29) is 25.7 Å². The third-order valence-corrected chi connectivity index (χ3v) is 20.8. The molecule has 0 fully saturated rings. The molecule has 0 aliphatic carbocycles. The molecule has 4 unspecified atom stereocenters. The fourth-order valence-electron chi connectivity index (χ4n) is 11.9. The van der Waals surface area contributed by atoms with Gasteiger partial charge in [0.1, 0.15) is 19.3 Å². The van der Waals surface area contributed by atoms with E-state index in [1.165, 1.54) is 225 Å². The Balaban J connectivity index is 5.26. The first-order valence-electron chi connectivity index (χ1n) is 40.6. The Morgan fingerprint density at radius 3 is 0.732 bits per heavy atom. The molecule has 0 aromatic rings. The van der Waals surface area contributed by atoms with Crippen molar-refractivity contribution in [1.82, 2.24) is 0 Å². The smallest absolute Gasteiger partial charge is 0.462 e. The van der Waals surface area contributed by atoms with E-state index in [0.29, 0.717) is 25.7 Å². The molecule has 19 heteroatoms. The molecule has 576 valence electrons. The fraction of sp³-hybridized carbons (Fsp3) is 0.949. The normalized spacial score (nSPS) is 14.5. The van der Waals surface area contributed by atoms with Gasteiger partial charge in [-0.05, 0) is 37.5 Å². The molecule has 0 heterocycles. The Morgan fingerprint density at radius 1 is 0.289 bits per heavy atom. The van der Waals surface area contributed by atoms with Crippen LogP contribution in [0.3, 0.4) is 0 Å². The predicted molar refractivity (Wildman–Crippen MR) is 395 cm³/mol. The second kappa shape index (κ2) is 69.8. The lowest BCUT2D eigenvalue weighted by atomic mass is 9.99. The number of unbranched alkanes of at least 4 members (excludes halogenated alkanes) is 45. The molecule has 0 aliphatic heterocycles. The molecule has 0 aromatic heterocycles. The maximum atomic E-state index is 13.1. The standard InChI is InChI=1S/C78H152O17P2/c1-7-11-13-15-17-19-21-23-24-28-32-36-43-49-55-61-76(81)88-66-73(94-77(82)62-56-50-44-37-33-29-26-25-27-30-34-40-46-52-58-70(5)9-3)68-92-96(84,85)90-64-72(79)65-91-97(86,87)93-69-74(95-78(83)63-57-51-45-39-38-41-47-53-59-71(6)10-4)67-89-75(80)60-54-48-42-35-31-22-20-18-16-14-12-8-2/h70-74,79H,7-69H2,1-6H3,(H,84,85)(H,86,87)/t70?,71?,72-,73-,74-/m1/s1. The summed E-state index contributed by atoms with van der Waals surface area (Å²) in [4.78, 5) is 72.9. The number of ether oxygens (including phenoxy) is 4. The van der Waals surface area contributed by atoms with Crippen molar-refractivity contribution in [2.24, 2.45) is 11.8 Å². The number of hydrogen-bond donors (Lipinski definition) is 3. The van der Waals surface area contributed by atoms with Crippen molar-refractivity contribution < 1.29 is 80.2 Å². The molecule has 0 aromatic carbocycles. The minimum Gasteiger partial charge on any atom is -0.462 e. The highest BCUT2D eigenvalue weighted by Gasteiger charge is 2.30. The Hall–Kier alpha value is -1.94. The van der Waals surface area contributed by atoms with Crippen LogP contribution in [0.4, 0.5) is 0 Å². The Morgan fingerprint density at radius 2 is 0.495 bits per heavy atom. The molecule has 0 saturated heterocycles. The minimum absolute atomic E-state index is 0.106. The van der Waals surface area contributed by atoms with Crippen LogP contribution in [0, 0.1) is 11.8 Å². The molecule has 17 nitrogen and oxygen atoms in total. The SMILES string of the molecule is CCCCCCCCCCCCCCCCCC(=O)OC[C@H](COP(=O)(O)OC[C@@H](O)COP(=O)(O)OC[C@@H](COC(=O)CCCCCCCCCCCCCC)OC(=O)CCCCCCCCCCC(C)CC)OC(=O)CCCCCCCCCCCCCCCCC(C)CC. The zero-order valence-electron chi connectivity index (χ0n) is 63.4. The van der Waals surface area contributed by atoms with E-state index in [1.54, 1.807) is 0 Å². The summed E-state index contributed by atoms with van der Waals surface area (Å²) < 4.78 is 68.6. The summed E-state index contributed by atoms with van der Waals surface area (Å²) in [6.45, 7) is 9.67. The highest BCUT2D eigenvalue weighted by atomic mass is 31.2. The number of phosphoric ester groups is 2. The first kappa shape index (κ1) is 95.1. The lowest BCUT2D eigenvalue weighted by Crippen LogP contribution is -2.30. The second-order valence-corrected chi connectivity index (χ2v) is 31.5. The summed E-state index contributed by atoms with van der Waals surface area (Å²) in [5.74, 6) is -0.496. The number of esters is 4. The minimum atomic E-state index is -4.96. The lowest BCUT2D eigenvalue weighted by Gasteiger charge is -2.21. The van der Waals surface area contributed by atoms with Gasteiger partial charge in [0.15, 0.2) is 12.2 Å². The van der Waals surface area contributed by atoms with Gasteiger partial charge in [0, 0.05) is 25.7 Å². The number of carbonyl (C=O) groups excluding carboxylic acids is 4. The average molecular weight is 1420 g/mol. The average Bonchev–Trinajstić information content (AvgIpc) is 1.34. The molecule has 97 heavy (non-hydrogen) atoms. The lowest BCUT2D eigenvalue weighted by molar-refractivity contribution is -0.161. The summed E-state index contributed by atoms with van der Waals surface area (Å²) >= 11 is 0. The molecule has 3 N–H and O–H groups in total. The Kier molecular flexibility index (Phi) is 68.4. The second-order valence-electron chi connectivity index (χ2n) is 28.6. The fourth-order valence-corrected chi connectivity index (χ4v) is 13.5. The maximum absolute atomic E-state index is 13.1. The molecule has 0 spiro atoms. The number of phosphoric acid groups is 2. The quantitative estimate of drug-likeness (QED) is 0.0222. The third kappa shape index (κ3) is 69.5. The van der Waals surface area contributed by atoms with Crippen LogP contribution in [0.2, 0.25) is 0 Å². The zero-order chi connectivity index (χ0) is 71.4.